The van der Waals surface area contributed by atoms with E-state index in [1.54, 1.807) is 24.3 Å². The summed E-state index contributed by atoms with van der Waals surface area (Å²) in [5.41, 5.74) is 0.720. The van der Waals surface area contributed by atoms with E-state index in [-0.39, 0.29) is 17.2 Å². The number of hydrogen-bond acceptors (Lipinski definition) is 2. The van der Waals surface area contributed by atoms with Gasteiger partial charge in [0.2, 0.25) is 0 Å². The van der Waals surface area contributed by atoms with E-state index >= 15 is 0 Å². The topological polar surface area (TPSA) is 40.5 Å². The molecule has 0 heterocycles. The van der Waals surface area contributed by atoms with Crippen LogP contribution in [0.4, 0.5) is 5.69 Å². The molecule has 1 aromatic rings. The molecular formula is C15H23NO2. The van der Waals surface area contributed by atoms with Crippen LogP contribution in [0.3, 0.4) is 0 Å². The van der Waals surface area contributed by atoms with E-state index in [1.165, 1.54) is 0 Å². The standard InChI is InChI=1S/C15H23NO2/c1-12(11-15(2,3)4)10-14(17)16(18)13-8-6-5-7-9-13/h5-9,12,18H,10-11H2,1-4H3. The zero-order valence-electron chi connectivity index (χ0n) is 11.7. The molecule has 0 fully saturated rings. The number of rotatable bonds is 4. The van der Waals surface area contributed by atoms with Gasteiger partial charge < -0.3 is 0 Å². The highest BCUT2D eigenvalue weighted by Crippen LogP contribution is 2.26. The van der Waals surface area contributed by atoms with Gasteiger partial charge in [0.1, 0.15) is 0 Å². The molecule has 3 nitrogen and oxygen atoms in total. The van der Waals surface area contributed by atoms with Crippen molar-refractivity contribution in [3.63, 3.8) is 0 Å². The summed E-state index contributed by atoms with van der Waals surface area (Å²) < 4.78 is 0. The number of anilines is 1. The summed E-state index contributed by atoms with van der Waals surface area (Å²) >= 11 is 0. The fraction of sp³-hybridized carbons (Fsp3) is 0.533. The van der Waals surface area contributed by atoms with Gasteiger partial charge in [-0.3, -0.25) is 10.0 Å². The summed E-state index contributed by atoms with van der Waals surface area (Å²) in [4.78, 5) is 11.9. The number of hydrogen-bond donors (Lipinski definition) is 1. The Labute approximate surface area is 109 Å². The van der Waals surface area contributed by atoms with Crippen LogP contribution in [0.5, 0.6) is 0 Å². The lowest BCUT2D eigenvalue weighted by Crippen LogP contribution is -2.29. The van der Waals surface area contributed by atoms with Crippen molar-refractivity contribution in [3.8, 4) is 0 Å². The Morgan fingerprint density at radius 2 is 1.83 bits per heavy atom. The van der Waals surface area contributed by atoms with Gasteiger partial charge in [-0.2, -0.15) is 5.06 Å². The van der Waals surface area contributed by atoms with E-state index < -0.39 is 0 Å². The lowest BCUT2D eigenvalue weighted by Gasteiger charge is -2.24. The molecule has 0 aromatic heterocycles. The van der Waals surface area contributed by atoms with Crippen molar-refractivity contribution in [2.24, 2.45) is 11.3 Å². The molecule has 1 amide bonds. The Hall–Kier alpha value is -1.35. The summed E-state index contributed by atoms with van der Waals surface area (Å²) in [5, 5.41) is 10.6. The third-order valence-electron chi connectivity index (χ3n) is 2.72. The summed E-state index contributed by atoms with van der Waals surface area (Å²) in [6.07, 6.45) is 1.32. The average molecular weight is 249 g/mol. The average Bonchev–Trinajstić information content (AvgIpc) is 2.26. The third-order valence-corrected chi connectivity index (χ3v) is 2.72. The number of benzene rings is 1. The van der Waals surface area contributed by atoms with Crippen molar-refractivity contribution in [1.29, 1.82) is 0 Å². The normalized spacial score (nSPS) is 13.2. The molecule has 1 unspecified atom stereocenters. The van der Waals surface area contributed by atoms with Crippen LogP contribution in [0.25, 0.3) is 0 Å². The van der Waals surface area contributed by atoms with Gasteiger partial charge in [-0.15, -0.1) is 0 Å². The molecule has 18 heavy (non-hydrogen) atoms. The second-order valence-electron chi connectivity index (χ2n) is 6.12. The van der Waals surface area contributed by atoms with Gasteiger partial charge in [0.15, 0.2) is 0 Å². The van der Waals surface area contributed by atoms with Crippen molar-refractivity contribution in [3.05, 3.63) is 30.3 Å². The quantitative estimate of drug-likeness (QED) is 0.650. The maximum atomic E-state index is 11.9. The van der Waals surface area contributed by atoms with Crippen LogP contribution in [-0.4, -0.2) is 11.1 Å². The van der Waals surface area contributed by atoms with E-state index in [0.717, 1.165) is 11.5 Å². The zero-order valence-corrected chi connectivity index (χ0v) is 11.7. The highest BCUT2D eigenvalue weighted by molar-refractivity contribution is 5.90. The van der Waals surface area contributed by atoms with Crippen LogP contribution in [0, 0.1) is 11.3 Å². The molecular weight excluding hydrogens is 226 g/mol. The van der Waals surface area contributed by atoms with Crippen LogP contribution in [0.15, 0.2) is 30.3 Å². The summed E-state index contributed by atoms with van der Waals surface area (Å²) in [6, 6.07) is 8.87. The Balaban J connectivity index is 2.56. The molecule has 1 aromatic carbocycles. The van der Waals surface area contributed by atoms with Crippen LogP contribution in [0.2, 0.25) is 0 Å². The first-order valence-electron chi connectivity index (χ1n) is 6.36. The highest BCUT2D eigenvalue weighted by Gasteiger charge is 2.20. The lowest BCUT2D eigenvalue weighted by molar-refractivity contribution is -0.124. The van der Waals surface area contributed by atoms with E-state index in [2.05, 4.69) is 20.8 Å². The molecule has 0 aliphatic carbocycles. The molecule has 0 aliphatic heterocycles. The number of para-hydroxylation sites is 1. The molecule has 0 bridgehead atoms. The van der Waals surface area contributed by atoms with E-state index in [9.17, 15) is 10.0 Å². The van der Waals surface area contributed by atoms with Crippen LogP contribution < -0.4 is 5.06 Å². The molecule has 100 valence electrons. The predicted molar refractivity (Wildman–Crippen MR) is 73.6 cm³/mol. The molecule has 0 radical (unpaired) electrons. The van der Waals surface area contributed by atoms with Gasteiger partial charge in [0, 0.05) is 6.42 Å². The smallest absolute Gasteiger partial charge is 0.250 e. The van der Waals surface area contributed by atoms with E-state index in [0.29, 0.717) is 12.1 Å². The van der Waals surface area contributed by atoms with Gasteiger partial charge in [0.05, 0.1) is 5.69 Å². The highest BCUT2D eigenvalue weighted by atomic mass is 16.5. The Bertz CT molecular complexity index is 381. The van der Waals surface area contributed by atoms with Crippen LogP contribution in [-0.2, 0) is 4.79 Å². The molecule has 1 atom stereocenters. The monoisotopic (exact) mass is 249 g/mol. The summed E-state index contributed by atoms with van der Waals surface area (Å²) in [5.74, 6) is 0.00816. The third kappa shape index (κ3) is 4.88. The fourth-order valence-corrected chi connectivity index (χ4v) is 2.22. The van der Waals surface area contributed by atoms with E-state index in [4.69, 9.17) is 0 Å². The Kier molecular flexibility index (Phi) is 4.91. The maximum Gasteiger partial charge on any atom is 0.250 e. The predicted octanol–water partition coefficient (Wildman–Crippen LogP) is 3.87. The second-order valence-corrected chi connectivity index (χ2v) is 6.12. The maximum absolute atomic E-state index is 11.9. The van der Waals surface area contributed by atoms with Crippen LogP contribution in [0.1, 0.15) is 40.5 Å². The van der Waals surface area contributed by atoms with Gasteiger partial charge >= 0.3 is 0 Å². The van der Waals surface area contributed by atoms with Crippen molar-refractivity contribution < 1.29 is 10.0 Å². The summed E-state index contributed by atoms with van der Waals surface area (Å²) in [7, 11) is 0. The minimum Gasteiger partial charge on any atom is -0.281 e. The minimum absolute atomic E-state index is 0.201. The van der Waals surface area contributed by atoms with Gasteiger partial charge in [-0.25, -0.2) is 0 Å². The molecule has 0 aliphatic rings. The molecule has 1 rings (SSSR count). The zero-order chi connectivity index (χ0) is 13.8. The largest absolute Gasteiger partial charge is 0.281 e. The number of amides is 1. The Morgan fingerprint density at radius 1 is 1.28 bits per heavy atom. The van der Waals surface area contributed by atoms with Crippen molar-refractivity contribution in [2.45, 2.75) is 40.5 Å². The molecule has 1 N–H and O–H groups in total. The first-order chi connectivity index (χ1) is 8.29. The molecule has 0 saturated heterocycles. The molecule has 0 spiro atoms. The van der Waals surface area contributed by atoms with Gasteiger partial charge in [-0.1, -0.05) is 45.9 Å². The van der Waals surface area contributed by atoms with Gasteiger partial charge in [-0.05, 0) is 29.9 Å². The number of hydroxylamine groups is 1. The van der Waals surface area contributed by atoms with E-state index in [1.807, 2.05) is 13.0 Å². The van der Waals surface area contributed by atoms with Crippen molar-refractivity contribution >= 4 is 11.6 Å². The minimum atomic E-state index is -0.252. The Morgan fingerprint density at radius 3 is 2.33 bits per heavy atom. The number of carbonyl (C=O) groups excluding carboxylic acids is 1. The molecule has 3 heteroatoms. The van der Waals surface area contributed by atoms with Crippen molar-refractivity contribution in [2.75, 3.05) is 5.06 Å². The lowest BCUT2D eigenvalue weighted by atomic mass is 9.84. The first-order valence-corrected chi connectivity index (χ1v) is 6.36. The summed E-state index contributed by atoms with van der Waals surface area (Å²) in [6.45, 7) is 8.51. The van der Waals surface area contributed by atoms with Gasteiger partial charge in [0.25, 0.3) is 5.91 Å². The molecule has 0 saturated carbocycles. The second kappa shape index (κ2) is 6.01. The number of carbonyl (C=O) groups is 1. The van der Waals surface area contributed by atoms with Crippen molar-refractivity contribution in [1.82, 2.24) is 0 Å². The fourth-order valence-electron chi connectivity index (χ4n) is 2.22. The first kappa shape index (κ1) is 14.7. The van der Waals surface area contributed by atoms with Crippen LogP contribution >= 0.6 is 0 Å². The number of nitrogens with zero attached hydrogens (tertiary/aromatic N) is 1. The SMILES string of the molecule is CC(CC(=O)N(O)c1ccccc1)CC(C)(C)C.